The second kappa shape index (κ2) is 4.77. The van der Waals surface area contributed by atoms with Crippen molar-refractivity contribution in [3.8, 4) is 0 Å². The van der Waals surface area contributed by atoms with Crippen LogP contribution < -0.4 is 5.32 Å². The number of fused-ring (bicyclic) bond motifs is 1. The molecule has 0 bridgehead atoms. The Morgan fingerprint density at radius 1 is 1.28 bits per heavy atom. The van der Waals surface area contributed by atoms with Crippen LogP contribution >= 0.6 is 0 Å². The van der Waals surface area contributed by atoms with Crippen LogP contribution in [0.2, 0.25) is 0 Å². The second-order valence-electron chi connectivity index (χ2n) is 5.69. The monoisotopic (exact) mass is 243 g/mol. The summed E-state index contributed by atoms with van der Waals surface area (Å²) in [6.07, 6.45) is 2.59. The third-order valence-electron chi connectivity index (χ3n) is 4.02. The SMILES string of the molecule is CC(C)NCC1CCC1c1cc2ccccc2o1. The molecule has 2 nitrogen and oxygen atoms in total. The molecule has 96 valence electrons. The van der Waals surface area contributed by atoms with E-state index in [-0.39, 0.29) is 0 Å². The Balaban J connectivity index is 1.74. The molecule has 0 aliphatic heterocycles. The highest BCUT2D eigenvalue weighted by Gasteiger charge is 2.34. The van der Waals surface area contributed by atoms with Crippen molar-refractivity contribution in [1.82, 2.24) is 5.32 Å². The van der Waals surface area contributed by atoms with E-state index in [1.54, 1.807) is 0 Å². The van der Waals surface area contributed by atoms with Gasteiger partial charge >= 0.3 is 0 Å². The average Bonchev–Trinajstić information content (AvgIpc) is 2.69. The Bertz CT molecular complexity index is 496. The highest BCUT2D eigenvalue weighted by Crippen LogP contribution is 2.43. The summed E-state index contributed by atoms with van der Waals surface area (Å²) in [5.74, 6) is 2.54. The van der Waals surface area contributed by atoms with Gasteiger partial charge in [-0.25, -0.2) is 0 Å². The molecule has 1 heterocycles. The smallest absolute Gasteiger partial charge is 0.134 e. The zero-order valence-electron chi connectivity index (χ0n) is 11.1. The van der Waals surface area contributed by atoms with Crippen LogP contribution in [0.25, 0.3) is 11.0 Å². The van der Waals surface area contributed by atoms with E-state index in [1.165, 1.54) is 24.0 Å². The summed E-state index contributed by atoms with van der Waals surface area (Å²) in [5.41, 5.74) is 1.02. The predicted molar refractivity (Wildman–Crippen MR) is 74.8 cm³/mol. The Labute approximate surface area is 108 Å². The minimum Gasteiger partial charge on any atom is -0.461 e. The summed E-state index contributed by atoms with van der Waals surface area (Å²) < 4.78 is 5.98. The van der Waals surface area contributed by atoms with Gasteiger partial charge in [0.2, 0.25) is 0 Å². The van der Waals surface area contributed by atoms with Crippen molar-refractivity contribution in [2.45, 2.75) is 38.6 Å². The molecule has 0 spiro atoms. The van der Waals surface area contributed by atoms with Crippen molar-refractivity contribution in [3.63, 3.8) is 0 Å². The summed E-state index contributed by atoms with van der Waals surface area (Å²) in [6, 6.07) is 11.1. The molecule has 0 radical (unpaired) electrons. The van der Waals surface area contributed by atoms with Crippen molar-refractivity contribution in [2.75, 3.05) is 6.54 Å². The van der Waals surface area contributed by atoms with Gasteiger partial charge in [-0.05, 0) is 37.4 Å². The molecule has 2 unspecified atom stereocenters. The van der Waals surface area contributed by atoms with Crippen LogP contribution in [0.1, 0.15) is 38.4 Å². The number of nitrogens with one attached hydrogen (secondary N) is 1. The minimum absolute atomic E-state index is 0.571. The molecule has 1 aromatic carbocycles. The first-order valence-corrected chi connectivity index (χ1v) is 6.96. The van der Waals surface area contributed by atoms with Crippen LogP contribution in [-0.4, -0.2) is 12.6 Å². The third-order valence-corrected chi connectivity index (χ3v) is 4.02. The number of furan rings is 1. The standard InChI is InChI=1S/C16H21NO/c1-11(2)17-10-13-7-8-14(13)16-9-12-5-3-4-6-15(12)18-16/h3-6,9,11,13-14,17H,7-8,10H2,1-2H3. The quantitative estimate of drug-likeness (QED) is 0.880. The predicted octanol–water partition coefficient (Wildman–Crippen LogP) is 3.92. The number of hydrogen-bond acceptors (Lipinski definition) is 2. The van der Waals surface area contributed by atoms with Crippen LogP contribution in [0.5, 0.6) is 0 Å². The summed E-state index contributed by atoms with van der Waals surface area (Å²) in [6.45, 7) is 5.52. The maximum absolute atomic E-state index is 5.98. The molecule has 18 heavy (non-hydrogen) atoms. The van der Waals surface area contributed by atoms with Gasteiger partial charge in [0.15, 0.2) is 0 Å². The fourth-order valence-corrected chi connectivity index (χ4v) is 2.76. The Morgan fingerprint density at radius 3 is 2.78 bits per heavy atom. The minimum atomic E-state index is 0.571. The zero-order chi connectivity index (χ0) is 12.5. The van der Waals surface area contributed by atoms with E-state index in [1.807, 2.05) is 6.07 Å². The van der Waals surface area contributed by atoms with E-state index >= 15 is 0 Å². The van der Waals surface area contributed by atoms with Gasteiger partial charge < -0.3 is 9.73 Å². The fraction of sp³-hybridized carbons (Fsp3) is 0.500. The lowest BCUT2D eigenvalue weighted by Crippen LogP contribution is -2.36. The summed E-state index contributed by atoms with van der Waals surface area (Å²) in [4.78, 5) is 0. The van der Waals surface area contributed by atoms with Crippen molar-refractivity contribution in [1.29, 1.82) is 0 Å². The summed E-state index contributed by atoms with van der Waals surface area (Å²) in [7, 11) is 0. The fourth-order valence-electron chi connectivity index (χ4n) is 2.76. The maximum Gasteiger partial charge on any atom is 0.134 e. The van der Waals surface area contributed by atoms with E-state index in [4.69, 9.17) is 4.42 Å². The second-order valence-corrected chi connectivity index (χ2v) is 5.69. The average molecular weight is 243 g/mol. The molecule has 1 aliphatic rings. The van der Waals surface area contributed by atoms with Crippen LogP contribution in [-0.2, 0) is 0 Å². The van der Waals surface area contributed by atoms with Gasteiger partial charge in [-0.2, -0.15) is 0 Å². The van der Waals surface area contributed by atoms with Crippen LogP contribution in [0.3, 0.4) is 0 Å². The molecular weight excluding hydrogens is 222 g/mol. The van der Waals surface area contributed by atoms with Crippen molar-refractivity contribution in [3.05, 3.63) is 36.1 Å². The van der Waals surface area contributed by atoms with Gasteiger partial charge in [0.05, 0.1) is 0 Å². The molecule has 1 saturated carbocycles. The van der Waals surface area contributed by atoms with Crippen LogP contribution in [0.15, 0.2) is 34.7 Å². The largest absolute Gasteiger partial charge is 0.461 e. The number of rotatable bonds is 4. The lowest BCUT2D eigenvalue weighted by Gasteiger charge is -2.35. The van der Waals surface area contributed by atoms with Gasteiger partial charge in [-0.1, -0.05) is 32.0 Å². The third kappa shape index (κ3) is 2.17. The van der Waals surface area contributed by atoms with E-state index in [0.717, 1.165) is 18.0 Å². The first kappa shape index (κ1) is 11.8. The maximum atomic E-state index is 5.98. The lowest BCUT2D eigenvalue weighted by molar-refractivity contribution is 0.215. The summed E-state index contributed by atoms with van der Waals surface area (Å²) in [5, 5.41) is 4.77. The van der Waals surface area contributed by atoms with Gasteiger partial charge in [0.25, 0.3) is 0 Å². The lowest BCUT2D eigenvalue weighted by atomic mass is 9.72. The van der Waals surface area contributed by atoms with Gasteiger partial charge in [-0.3, -0.25) is 0 Å². The Hall–Kier alpha value is -1.28. The zero-order valence-corrected chi connectivity index (χ0v) is 11.1. The molecular formula is C16H21NO. The van der Waals surface area contributed by atoms with E-state index in [2.05, 4.69) is 43.4 Å². The van der Waals surface area contributed by atoms with Gasteiger partial charge in [-0.15, -0.1) is 0 Å². The van der Waals surface area contributed by atoms with E-state index in [0.29, 0.717) is 12.0 Å². The molecule has 0 saturated heterocycles. The van der Waals surface area contributed by atoms with Gasteiger partial charge in [0.1, 0.15) is 11.3 Å². The number of para-hydroxylation sites is 1. The van der Waals surface area contributed by atoms with E-state index in [9.17, 15) is 0 Å². The topological polar surface area (TPSA) is 25.2 Å². The molecule has 2 aromatic rings. The number of benzene rings is 1. The molecule has 2 heteroatoms. The molecule has 1 aliphatic carbocycles. The number of hydrogen-bond donors (Lipinski definition) is 1. The first-order valence-electron chi connectivity index (χ1n) is 6.96. The van der Waals surface area contributed by atoms with E-state index < -0.39 is 0 Å². The first-order chi connectivity index (χ1) is 8.74. The van der Waals surface area contributed by atoms with Gasteiger partial charge in [0, 0.05) is 17.3 Å². The van der Waals surface area contributed by atoms with Crippen molar-refractivity contribution < 1.29 is 4.42 Å². The molecule has 1 N–H and O–H groups in total. The molecule has 1 fully saturated rings. The summed E-state index contributed by atoms with van der Waals surface area (Å²) >= 11 is 0. The molecule has 3 rings (SSSR count). The molecule has 2 atom stereocenters. The van der Waals surface area contributed by atoms with Crippen LogP contribution in [0.4, 0.5) is 0 Å². The Morgan fingerprint density at radius 2 is 2.11 bits per heavy atom. The Kier molecular flexibility index (Phi) is 3.13. The highest BCUT2D eigenvalue weighted by molar-refractivity contribution is 5.77. The van der Waals surface area contributed by atoms with Crippen LogP contribution in [0, 0.1) is 5.92 Å². The van der Waals surface area contributed by atoms with Crippen molar-refractivity contribution >= 4 is 11.0 Å². The normalized spacial score (nSPS) is 23.5. The highest BCUT2D eigenvalue weighted by atomic mass is 16.3. The molecule has 1 aromatic heterocycles. The molecule has 0 amide bonds. The van der Waals surface area contributed by atoms with Crippen molar-refractivity contribution in [2.24, 2.45) is 5.92 Å².